The maximum absolute atomic E-state index is 16.3. The van der Waals surface area contributed by atoms with E-state index in [0.29, 0.717) is 79.1 Å². The quantitative estimate of drug-likeness (QED) is 0.0483. The normalized spacial score (nSPS) is 17.7. The third-order valence-corrected chi connectivity index (χ3v) is 20.3. The summed E-state index contributed by atoms with van der Waals surface area (Å²) in [6.45, 7) is 4.12. The molecule has 2 aliphatic heterocycles. The van der Waals surface area contributed by atoms with Crippen molar-refractivity contribution in [3.05, 3.63) is 316 Å². The summed E-state index contributed by atoms with van der Waals surface area (Å²) in [5.74, 6) is 1.28. The van der Waals surface area contributed by atoms with Crippen LogP contribution in [0.15, 0.2) is 276 Å². The van der Waals surface area contributed by atoms with Gasteiger partial charge in [-0.15, -0.1) is 0 Å². The molecule has 10 aromatic carbocycles. The first-order valence-electron chi connectivity index (χ1n) is 32.1. The van der Waals surface area contributed by atoms with E-state index in [4.69, 9.17) is 38.4 Å². The van der Waals surface area contributed by atoms with Crippen LogP contribution >= 0.6 is 0 Å². The van der Waals surface area contributed by atoms with Crippen LogP contribution in [0, 0.1) is 0 Å². The van der Waals surface area contributed by atoms with Crippen LogP contribution in [-0.4, -0.2) is 85.3 Å². The minimum absolute atomic E-state index is 0.0669. The molecule has 504 valence electrons. The first kappa shape index (κ1) is 67.7. The molecule has 0 fully saturated rings. The van der Waals surface area contributed by atoms with Crippen molar-refractivity contribution in [3.63, 3.8) is 0 Å². The summed E-state index contributed by atoms with van der Waals surface area (Å²) in [4.78, 5) is 46.6. The molecule has 0 radical (unpaired) electrons. The van der Waals surface area contributed by atoms with Gasteiger partial charge in [0.1, 0.15) is 45.7 Å². The van der Waals surface area contributed by atoms with E-state index in [1.807, 2.05) is 189 Å². The number of aliphatic imine (C=N–C) groups is 2. The summed E-state index contributed by atoms with van der Waals surface area (Å²) in [6.07, 6.45) is -0.864. The predicted molar refractivity (Wildman–Crippen MR) is 382 cm³/mol. The van der Waals surface area contributed by atoms with Crippen LogP contribution in [0.5, 0.6) is 23.0 Å². The fourth-order valence-electron chi connectivity index (χ4n) is 12.9. The average Bonchev–Trinajstić information content (AvgIpc) is 1.58. The molecule has 0 saturated carbocycles. The Morgan fingerprint density at radius 3 is 1.35 bits per heavy atom. The number of sulfonamides is 2. The number of carbonyl (C=O) groups excluding carboxylic acids is 2. The highest BCUT2D eigenvalue weighted by Gasteiger charge is 2.59. The Morgan fingerprint density at radius 2 is 0.899 bits per heavy atom. The van der Waals surface area contributed by atoms with E-state index in [9.17, 15) is 16.8 Å². The summed E-state index contributed by atoms with van der Waals surface area (Å²) in [5, 5.41) is 0. The number of nitrogens with zero attached hydrogens (tertiary/aromatic N) is 4. The van der Waals surface area contributed by atoms with Crippen molar-refractivity contribution in [2.45, 2.75) is 66.9 Å². The average molecular weight is 1360 g/mol. The molecule has 99 heavy (non-hydrogen) atoms. The summed E-state index contributed by atoms with van der Waals surface area (Å²) in [5.41, 5.74) is 3.91. The second kappa shape index (κ2) is 29.2. The number of rotatable bonds is 26. The monoisotopic (exact) mass is 1360 g/mol. The van der Waals surface area contributed by atoms with Gasteiger partial charge in [-0.3, -0.25) is 9.44 Å². The number of benzene rings is 10. The molecule has 2 N–H and O–H groups in total. The third kappa shape index (κ3) is 14.2. The van der Waals surface area contributed by atoms with Crippen molar-refractivity contribution in [1.29, 1.82) is 0 Å². The maximum atomic E-state index is 16.3. The molecule has 0 saturated heterocycles. The molecular formula is C79H74N6O12S2. The van der Waals surface area contributed by atoms with Gasteiger partial charge in [-0.05, 0) is 143 Å². The number of hydrogen-bond acceptors (Lipinski definition) is 16. The van der Waals surface area contributed by atoms with Crippen LogP contribution in [0.4, 0.5) is 11.4 Å². The van der Waals surface area contributed by atoms with Gasteiger partial charge >= 0.3 is 11.9 Å². The number of methoxy groups -OCH3 is 4. The fraction of sp³-hybridized carbons (Fsp3) is 0.190. The van der Waals surface area contributed by atoms with Gasteiger partial charge in [-0.2, -0.15) is 0 Å². The number of esters is 2. The molecule has 0 spiro atoms. The summed E-state index contributed by atoms with van der Waals surface area (Å²) >= 11 is 0. The molecule has 0 aliphatic carbocycles. The first-order chi connectivity index (χ1) is 48.0. The first-order valence-corrected chi connectivity index (χ1v) is 35.3. The van der Waals surface area contributed by atoms with E-state index in [1.165, 1.54) is 26.4 Å². The summed E-state index contributed by atoms with van der Waals surface area (Å²) < 4.78 is 95.6. The van der Waals surface area contributed by atoms with E-state index < -0.39 is 61.3 Å². The Hall–Kier alpha value is -11.2. The van der Waals surface area contributed by atoms with Gasteiger partial charge in [0.05, 0.1) is 52.9 Å². The van der Waals surface area contributed by atoms with Crippen LogP contribution in [-0.2, 0) is 69.0 Å². The fourth-order valence-corrected chi connectivity index (χ4v) is 15.3. The van der Waals surface area contributed by atoms with Crippen LogP contribution in [0.2, 0.25) is 0 Å². The zero-order valence-corrected chi connectivity index (χ0v) is 57.0. The molecule has 0 bridgehead atoms. The molecule has 0 amide bonds. The van der Waals surface area contributed by atoms with Crippen molar-refractivity contribution in [2.75, 3.05) is 44.5 Å². The predicted octanol–water partition coefficient (Wildman–Crippen LogP) is 14.1. The molecule has 2 aliphatic rings. The second-order valence-corrected chi connectivity index (χ2v) is 27.2. The molecule has 5 atom stereocenters. The van der Waals surface area contributed by atoms with Crippen LogP contribution < -0.4 is 28.4 Å². The highest BCUT2D eigenvalue weighted by Crippen LogP contribution is 2.53. The number of nitrogens with one attached hydrogen (secondary N) is 2. The van der Waals surface area contributed by atoms with E-state index in [0.717, 1.165) is 11.1 Å². The van der Waals surface area contributed by atoms with Gasteiger partial charge in [0.15, 0.2) is 0 Å². The third-order valence-electron chi connectivity index (χ3n) is 17.7. The lowest BCUT2D eigenvalue weighted by Crippen LogP contribution is -2.44. The smallest absolute Gasteiger partial charge is 0.341 e. The summed E-state index contributed by atoms with van der Waals surface area (Å²) in [7, 11) is -1.98. The molecular weight excluding hydrogens is 1290 g/mol. The number of anilines is 2. The summed E-state index contributed by atoms with van der Waals surface area (Å²) in [6, 6.07) is 76.7. The van der Waals surface area contributed by atoms with Gasteiger partial charge in [-0.1, -0.05) is 170 Å². The molecule has 2 heterocycles. The Morgan fingerprint density at radius 1 is 0.475 bits per heavy atom. The second-order valence-electron chi connectivity index (χ2n) is 23.9. The van der Waals surface area contributed by atoms with Crippen molar-refractivity contribution in [1.82, 2.24) is 9.80 Å². The number of amidine groups is 2. The lowest BCUT2D eigenvalue weighted by molar-refractivity contribution is -0.157. The number of hydrogen-bond donors (Lipinski definition) is 2. The molecule has 20 heteroatoms. The minimum atomic E-state index is -4.20. The zero-order chi connectivity index (χ0) is 69.3. The standard InChI is InChI=1S/C79H74N6O12S2/c1-7-96-76(86)78(63-24-16-10-17-25-63)72(59-32-40-65(41-33-59)82-98(88,89)53-57-22-14-9-15-23-57)85(74(80-78)61-36-44-67(92-3)45-37-61)52-56-28-30-58(31-29-56)54(2)97-77(87)79(64-26-18-11-19-27-64)73(84(51-55-20-12-8-13-21-55)75(81-79)62-38-46-68(93-4)47-39-62)60-34-42-66(43-35-60)83-99(90,91)71-49-48-69(94-5)50-70(71)95-6/h8-50,54,72-73,82-83H,7,51-53H2,1-6H3/t54?,72-,73-,78-,79-/m1/s1. The number of ether oxygens (including phenoxy) is 6. The highest BCUT2D eigenvalue weighted by molar-refractivity contribution is 7.93. The highest BCUT2D eigenvalue weighted by atomic mass is 32.2. The lowest BCUT2D eigenvalue weighted by atomic mass is 9.79. The largest absolute Gasteiger partial charge is 0.497 e. The van der Waals surface area contributed by atoms with Crippen molar-refractivity contribution < 1.29 is 54.8 Å². The Kier molecular flexibility index (Phi) is 20.0. The molecule has 0 aromatic heterocycles. The molecule has 10 aromatic rings. The Labute approximate surface area is 577 Å². The molecule has 1 unspecified atom stereocenters. The van der Waals surface area contributed by atoms with Gasteiger partial charge < -0.3 is 38.2 Å². The topological polar surface area (TPSA) is 213 Å². The Balaban J connectivity index is 0.919. The van der Waals surface area contributed by atoms with Crippen LogP contribution in [0.3, 0.4) is 0 Å². The lowest BCUT2D eigenvalue weighted by Gasteiger charge is -2.38. The SMILES string of the molecule is CCOC(=O)[C@]1(c2ccccc2)N=C(c2ccc(OC)cc2)N(Cc2ccc(C(C)OC(=O)[C@]3(c4ccccc4)N=C(c4ccc(OC)cc4)N(Cc4ccccc4)[C@@H]3c3ccc(NS(=O)(=O)c4ccc(OC)cc4OC)cc3)cc2)[C@@H]1c1ccc(NS(=O)(=O)Cc2ccccc2)cc1. The van der Waals surface area contributed by atoms with E-state index in [2.05, 4.69) is 19.2 Å². The Bertz CT molecular complexity index is 4770. The van der Waals surface area contributed by atoms with Gasteiger partial charge in [-0.25, -0.2) is 36.4 Å². The van der Waals surface area contributed by atoms with Crippen molar-refractivity contribution in [2.24, 2.45) is 9.98 Å². The van der Waals surface area contributed by atoms with Crippen LogP contribution in [0.25, 0.3) is 0 Å². The van der Waals surface area contributed by atoms with Gasteiger partial charge in [0.25, 0.3) is 10.0 Å². The van der Waals surface area contributed by atoms with Crippen molar-refractivity contribution in [3.8, 4) is 23.0 Å². The molecule has 12 rings (SSSR count). The minimum Gasteiger partial charge on any atom is -0.497 e. The maximum Gasteiger partial charge on any atom is 0.341 e. The van der Waals surface area contributed by atoms with E-state index in [1.54, 1.807) is 87.9 Å². The van der Waals surface area contributed by atoms with Crippen molar-refractivity contribution >= 4 is 55.0 Å². The van der Waals surface area contributed by atoms with Crippen LogP contribution in [0.1, 0.15) is 87.7 Å². The van der Waals surface area contributed by atoms with Gasteiger partial charge in [0.2, 0.25) is 21.1 Å². The molecule has 18 nitrogen and oxygen atoms in total. The zero-order valence-electron chi connectivity index (χ0n) is 55.4. The number of carbonyl (C=O) groups is 2. The van der Waals surface area contributed by atoms with E-state index >= 15 is 9.59 Å². The van der Waals surface area contributed by atoms with E-state index in [-0.39, 0.29) is 41.8 Å². The van der Waals surface area contributed by atoms with Gasteiger partial charge in [0, 0.05) is 41.7 Å².